The van der Waals surface area contributed by atoms with Gasteiger partial charge in [-0.05, 0) is 6.07 Å². The molecule has 2 rings (SSSR count). The van der Waals surface area contributed by atoms with E-state index in [2.05, 4.69) is 0 Å². The van der Waals surface area contributed by atoms with Crippen molar-refractivity contribution < 1.29 is 19.1 Å². The fourth-order valence-corrected chi connectivity index (χ4v) is 2.56. The standard InChI is InChI=1S/C10H7FO3S/c11-6-3-1-2-5-7(12)4-8(10(13)14)15-9(5)6/h1-3,8H,4H2,(H,13,14). The number of benzene rings is 1. The molecule has 0 saturated heterocycles. The summed E-state index contributed by atoms with van der Waals surface area (Å²) in [6, 6.07) is 4.20. The summed E-state index contributed by atoms with van der Waals surface area (Å²) in [6.45, 7) is 0. The van der Waals surface area contributed by atoms with Gasteiger partial charge in [-0.15, -0.1) is 11.8 Å². The van der Waals surface area contributed by atoms with Crippen LogP contribution < -0.4 is 0 Å². The highest BCUT2D eigenvalue weighted by Crippen LogP contribution is 2.36. The monoisotopic (exact) mass is 226 g/mol. The molecule has 0 aromatic heterocycles. The number of carboxylic acid groups (broad SMARTS) is 1. The summed E-state index contributed by atoms with van der Waals surface area (Å²) < 4.78 is 13.3. The van der Waals surface area contributed by atoms with Crippen molar-refractivity contribution in [2.75, 3.05) is 0 Å². The van der Waals surface area contributed by atoms with Gasteiger partial charge in [-0.1, -0.05) is 12.1 Å². The Morgan fingerprint density at radius 1 is 1.53 bits per heavy atom. The molecule has 78 valence electrons. The van der Waals surface area contributed by atoms with Crippen LogP contribution in [0.3, 0.4) is 0 Å². The van der Waals surface area contributed by atoms with E-state index >= 15 is 0 Å². The first kappa shape index (κ1) is 10.2. The van der Waals surface area contributed by atoms with Crippen molar-refractivity contribution in [2.24, 2.45) is 0 Å². The van der Waals surface area contributed by atoms with Crippen LogP contribution >= 0.6 is 11.8 Å². The van der Waals surface area contributed by atoms with Gasteiger partial charge in [0.1, 0.15) is 11.1 Å². The Morgan fingerprint density at radius 3 is 2.93 bits per heavy atom. The molecule has 0 spiro atoms. The molecular formula is C10H7FO3S. The van der Waals surface area contributed by atoms with E-state index in [9.17, 15) is 14.0 Å². The minimum absolute atomic E-state index is 0.0730. The zero-order valence-corrected chi connectivity index (χ0v) is 8.38. The van der Waals surface area contributed by atoms with Crippen LogP contribution in [0.5, 0.6) is 0 Å². The maximum absolute atomic E-state index is 13.3. The Balaban J connectivity index is 2.46. The maximum Gasteiger partial charge on any atom is 0.317 e. The summed E-state index contributed by atoms with van der Waals surface area (Å²) in [7, 11) is 0. The van der Waals surface area contributed by atoms with E-state index in [0.29, 0.717) is 0 Å². The Morgan fingerprint density at radius 2 is 2.27 bits per heavy atom. The number of carbonyl (C=O) groups excluding carboxylic acids is 1. The van der Waals surface area contributed by atoms with Gasteiger partial charge in [0, 0.05) is 12.0 Å². The summed E-state index contributed by atoms with van der Waals surface area (Å²) >= 11 is 0.900. The van der Waals surface area contributed by atoms with Gasteiger partial charge in [-0.2, -0.15) is 0 Å². The number of aliphatic carboxylic acids is 1. The maximum atomic E-state index is 13.3. The molecule has 1 aromatic carbocycles. The first-order chi connectivity index (χ1) is 7.09. The quantitative estimate of drug-likeness (QED) is 0.795. The fraction of sp³-hybridized carbons (Fsp3) is 0.200. The van der Waals surface area contributed by atoms with Gasteiger partial charge in [0.15, 0.2) is 5.78 Å². The predicted molar refractivity (Wildman–Crippen MR) is 52.6 cm³/mol. The average Bonchev–Trinajstić information content (AvgIpc) is 2.19. The minimum atomic E-state index is -1.08. The number of carboxylic acids is 1. The van der Waals surface area contributed by atoms with Crippen molar-refractivity contribution in [3.05, 3.63) is 29.6 Å². The number of halogens is 1. The van der Waals surface area contributed by atoms with Crippen LogP contribution in [-0.2, 0) is 4.79 Å². The van der Waals surface area contributed by atoms with Crippen molar-refractivity contribution in [1.82, 2.24) is 0 Å². The van der Waals surface area contributed by atoms with Gasteiger partial charge in [0.2, 0.25) is 0 Å². The molecule has 0 saturated carbocycles. The molecule has 1 unspecified atom stereocenters. The molecule has 1 heterocycles. The third kappa shape index (κ3) is 1.74. The molecular weight excluding hydrogens is 219 g/mol. The van der Waals surface area contributed by atoms with E-state index in [0.717, 1.165) is 11.8 Å². The molecule has 0 radical (unpaired) electrons. The number of fused-ring (bicyclic) bond motifs is 1. The molecule has 5 heteroatoms. The molecule has 1 atom stereocenters. The molecule has 1 N–H and O–H groups in total. The normalized spacial score (nSPS) is 19.8. The van der Waals surface area contributed by atoms with Crippen molar-refractivity contribution in [2.45, 2.75) is 16.6 Å². The topological polar surface area (TPSA) is 54.4 Å². The minimum Gasteiger partial charge on any atom is -0.480 e. The second-order valence-corrected chi connectivity index (χ2v) is 4.40. The number of carbonyl (C=O) groups is 2. The van der Waals surface area contributed by atoms with E-state index in [1.807, 2.05) is 0 Å². The van der Waals surface area contributed by atoms with Gasteiger partial charge >= 0.3 is 5.97 Å². The first-order valence-electron chi connectivity index (χ1n) is 4.31. The van der Waals surface area contributed by atoms with Crippen LogP contribution in [0, 0.1) is 5.82 Å². The molecule has 0 bridgehead atoms. The molecule has 15 heavy (non-hydrogen) atoms. The van der Waals surface area contributed by atoms with Crippen LogP contribution in [0.1, 0.15) is 16.8 Å². The lowest BCUT2D eigenvalue weighted by Gasteiger charge is -2.19. The fourth-order valence-electron chi connectivity index (χ4n) is 1.45. The highest BCUT2D eigenvalue weighted by atomic mass is 32.2. The van der Waals surface area contributed by atoms with Crippen molar-refractivity contribution in [1.29, 1.82) is 0 Å². The van der Waals surface area contributed by atoms with E-state index in [-0.39, 0.29) is 22.7 Å². The molecule has 0 aliphatic carbocycles. The lowest BCUT2D eigenvalue weighted by atomic mass is 10.1. The highest BCUT2D eigenvalue weighted by molar-refractivity contribution is 8.00. The van der Waals surface area contributed by atoms with Gasteiger partial charge in [-0.25, -0.2) is 4.39 Å². The van der Waals surface area contributed by atoms with Crippen LogP contribution in [0.2, 0.25) is 0 Å². The molecule has 1 aliphatic rings. The lowest BCUT2D eigenvalue weighted by Crippen LogP contribution is -2.25. The van der Waals surface area contributed by atoms with Crippen LogP contribution in [0.25, 0.3) is 0 Å². The summed E-state index contributed by atoms with van der Waals surface area (Å²) in [5.41, 5.74) is 0.289. The van der Waals surface area contributed by atoms with Gasteiger partial charge < -0.3 is 5.11 Å². The number of Topliss-reactive ketones (excluding diaryl/α,β-unsaturated/α-hetero) is 1. The third-order valence-electron chi connectivity index (χ3n) is 2.17. The Labute approximate surface area is 89.3 Å². The zero-order chi connectivity index (χ0) is 11.0. The van der Waals surface area contributed by atoms with E-state index in [4.69, 9.17) is 5.11 Å². The molecule has 0 fully saturated rings. The first-order valence-corrected chi connectivity index (χ1v) is 5.18. The van der Waals surface area contributed by atoms with Gasteiger partial charge in [0.05, 0.1) is 4.90 Å². The molecule has 3 nitrogen and oxygen atoms in total. The summed E-state index contributed by atoms with van der Waals surface area (Å²) in [4.78, 5) is 22.4. The number of hydrogen-bond acceptors (Lipinski definition) is 3. The van der Waals surface area contributed by atoms with Crippen LogP contribution in [0.4, 0.5) is 4.39 Å². The van der Waals surface area contributed by atoms with E-state index < -0.39 is 17.0 Å². The number of hydrogen-bond donors (Lipinski definition) is 1. The Hall–Kier alpha value is -1.36. The van der Waals surface area contributed by atoms with Gasteiger partial charge in [0.25, 0.3) is 0 Å². The Kier molecular flexibility index (Phi) is 2.48. The average molecular weight is 226 g/mol. The van der Waals surface area contributed by atoms with Crippen molar-refractivity contribution in [3.8, 4) is 0 Å². The van der Waals surface area contributed by atoms with Crippen LogP contribution in [-0.4, -0.2) is 22.1 Å². The molecule has 1 aliphatic heterocycles. The number of ketones is 1. The lowest BCUT2D eigenvalue weighted by molar-refractivity contribution is -0.136. The van der Waals surface area contributed by atoms with Gasteiger partial charge in [-0.3, -0.25) is 9.59 Å². The highest BCUT2D eigenvalue weighted by Gasteiger charge is 2.31. The summed E-state index contributed by atoms with van der Waals surface area (Å²) in [6.07, 6.45) is -0.0730. The largest absolute Gasteiger partial charge is 0.480 e. The summed E-state index contributed by atoms with van der Waals surface area (Å²) in [5.74, 6) is -1.92. The summed E-state index contributed by atoms with van der Waals surface area (Å²) in [5, 5.41) is 7.90. The second-order valence-electron chi connectivity index (χ2n) is 3.19. The number of rotatable bonds is 1. The molecule has 0 amide bonds. The van der Waals surface area contributed by atoms with Crippen molar-refractivity contribution >= 4 is 23.5 Å². The van der Waals surface area contributed by atoms with Crippen LogP contribution in [0.15, 0.2) is 23.1 Å². The number of thioether (sulfide) groups is 1. The Bertz CT molecular complexity index is 444. The van der Waals surface area contributed by atoms with E-state index in [1.54, 1.807) is 0 Å². The third-order valence-corrected chi connectivity index (χ3v) is 3.48. The zero-order valence-electron chi connectivity index (χ0n) is 7.57. The van der Waals surface area contributed by atoms with E-state index in [1.165, 1.54) is 18.2 Å². The van der Waals surface area contributed by atoms with Crippen molar-refractivity contribution in [3.63, 3.8) is 0 Å². The SMILES string of the molecule is O=C1CC(C(=O)O)Sc2c(F)cccc21. The predicted octanol–water partition coefficient (Wildman–Crippen LogP) is 1.96. The molecule has 1 aromatic rings. The second kappa shape index (κ2) is 3.66. The smallest absolute Gasteiger partial charge is 0.317 e.